The van der Waals surface area contributed by atoms with Crippen LogP contribution in [0.15, 0.2) is 12.7 Å². The third-order valence-corrected chi connectivity index (χ3v) is 3.79. The Morgan fingerprint density at radius 2 is 1.92 bits per heavy atom. The molecular formula is C12H22O. The molecule has 0 heterocycles. The van der Waals surface area contributed by atoms with E-state index in [1.54, 1.807) is 0 Å². The van der Waals surface area contributed by atoms with E-state index in [0.717, 1.165) is 6.42 Å². The van der Waals surface area contributed by atoms with Crippen LogP contribution in [0.1, 0.15) is 39.5 Å². The first-order valence-corrected chi connectivity index (χ1v) is 5.33. The van der Waals surface area contributed by atoms with Gasteiger partial charge >= 0.3 is 0 Å². The molecule has 1 saturated carbocycles. The van der Waals surface area contributed by atoms with Crippen molar-refractivity contribution in [1.29, 1.82) is 0 Å². The summed E-state index contributed by atoms with van der Waals surface area (Å²) < 4.78 is 5.77. The third kappa shape index (κ3) is 1.80. The van der Waals surface area contributed by atoms with Gasteiger partial charge in [-0.1, -0.05) is 26.3 Å². The molecule has 0 amide bonds. The van der Waals surface area contributed by atoms with Crippen LogP contribution in [0.2, 0.25) is 0 Å². The fraction of sp³-hybridized carbons (Fsp3) is 0.833. The average molecular weight is 182 g/mol. The summed E-state index contributed by atoms with van der Waals surface area (Å²) in [6.45, 7) is 8.45. The zero-order valence-electron chi connectivity index (χ0n) is 9.18. The Bertz CT molecular complexity index is 164. The maximum atomic E-state index is 5.77. The lowest BCUT2D eigenvalue weighted by Crippen LogP contribution is -2.47. The molecule has 1 rings (SSSR count). The number of methoxy groups -OCH3 is 1. The van der Waals surface area contributed by atoms with Crippen LogP contribution in [-0.2, 0) is 4.74 Å². The lowest BCUT2D eigenvalue weighted by atomic mass is 9.68. The minimum Gasteiger partial charge on any atom is -0.377 e. The van der Waals surface area contributed by atoms with Gasteiger partial charge in [-0.2, -0.15) is 0 Å². The van der Waals surface area contributed by atoms with Gasteiger partial charge in [0.2, 0.25) is 0 Å². The fourth-order valence-electron chi connectivity index (χ4n) is 2.82. The molecule has 0 saturated heterocycles. The molecule has 1 aliphatic carbocycles. The normalized spacial score (nSPS) is 40.2. The first-order chi connectivity index (χ1) is 6.17. The van der Waals surface area contributed by atoms with Crippen molar-refractivity contribution in [3.8, 4) is 0 Å². The van der Waals surface area contributed by atoms with Crippen LogP contribution in [0.5, 0.6) is 0 Å². The van der Waals surface area contributed by atoms with Gasteiger partial charge in [-0.25, -0.2) is 0 Å². The summed E-state index contributed by atoms with van der Waals surface area (Å²) in [5.41, 5.74) is 0.0694. The Balaban J connectivity index is 2.82. The highest BCUT2D eigenvalue weighted by molar-refractivity contribution is 4.98. The summed E-state index contributed by atoms with van der Waals surface area (Å²) in [5, 5.41) is 0. The minimum atomic E-state index is 0.0694. The first kappa shape index (κ1) is 10.8. The summed E-state index contributed by atoms with van der Waals surface area (Å²) in [7, 11) is 1.85. The molecule has 0 bridgehead atoms. The van der Waals surface area contributed by atoms with Gasteiger partial charge < -0.3 is 4.74 Å². The van der Waals surface area contributed by atoms with Gasteiger partial charge in [0, 0.05) is 7.11 Å². The van der Waals surface area contributed by atoms with Crippen molar-refractivity contribution < 1.29 is 4.74 Å². The minimum absolute atomic E-state index is 0.0694. The van der Waals surface area contributed by atoms with Crippen molar-refractivity contribution >= 4 is 0 Å². The van der Waals surface area contributed by atoms with E-state index in [9.17, 15) is 0 Å². The Morgan fingerprint density at radius 1 is 1.38 bits per heavy atom. The van der Waals surface area contributed by atoms with Crippen LogP contribution in [-0.4, -0.2) is 12.7 Å². The van der Waals surface area contributed by atoms with Crippen molar-refractivity contribution in [2.24, 2.45) is 11.8 Å². The van der Waals surface area contributed by atoms with Crippen LogP contribution >= 0.6 is 0 Å². The maximum absolute atomic E-state index is 5.77. The van der Waals surface area contributed by atoms with Crippen molar-refractivity contribution in [2.75, 3.05) is 7.11 Å². The van der Waals surface area contributed by atoms with Gasteiger partial charge in [-0.05, 0) is 31.1 Å². The van der Waals surface area contributed by atoms with Gasteiger partial charge in [0.15, 0.2) is 0 Å². The van der Waals surface area contributed by atoms with Gasteiger partial charge in [-0.15, -0.1) is 6.58 Å². The van der Waals surface area contributed by atoms with E-state index in [2.05, 4.69) is 20.4 Å². The molecule has 0 N–H and O–H groups in total. The van der Waals surface area contributed by atoms with Crippen molar-refractivity contribution in [1.82, 2.24) is 0 Å². The van der Waals surface area contributed by atoms with Crippen LogP contribution in [0, 0.1) is 11.8 Å². The number of rotatable bonds is 3. The predicted molar refractivity (Wildman–Crippen MR) is 56.7 cm³/mol. The average Bonchev–Trinajstić information content (AvgIpc) is 2.12. The molecule has 0 spiro atoms. The number of ether oxygens (including phenoxy) is 1. The molecule has 76 valence electrons. The van der Waals surface area contributed by atoms with Gasteiger partial charge in [-0.3, -0.25) is 0 Å². The van der Waals surface area contributed by atoms with Crippen molar-refractivity contribution in [2.45, 2.75) is 45.1 Å². The lowest BCUT2D eigenvalue weighted by molar-refractivity contribution is -0.110. The summed E-state index contributed by atoms with van der Waals surface area (Å²) in [4.78, 5) is 0. The molecule has 0 aromatic rings. The monoisotopic (exact) mass is 182 g/mol. The quantitative estimate of drug-likeness (QED) is 0.608. The zero-order chi connectivity index (χ0) is 9.90. The molecule has 1 nitrogen and oxygen atoms in total. The van der Waals surface area contributed by atoms with Crippen LogP contribution in [0.4, 0.5) is 0 Å². The fourth-order valence-corrected chi connectivity index (χ4v) is 2.82. The second-order valence-electron chi connectivity index (χ2n) is 4.38. The lowest BCUT2D eigenvalue weighted by Gasteiger charge is -2.46. The molecule has 0 aliphatic heterocycles. The summed E-state index contributed by atoms with van der Waals surface area (Å²) in [5.74, 6) is 1.33. The molecule has 0 radical (unpaired) electrons. The SMILES string of the molecule is C=CCC1(OC)C(C)CCCC1C. The smallest absolute Gasteiger partial charge is 0.0763 e. The number of hydrogen-bond donors (Lipinski definition) is 0. The molecular weight excluding hydrogens is 160 g/mol. The van der Waals surface area contributed by atoms with Crippen LogP contribution in [0.25, 0.3) is 0 Å². The first-order valence-electron chi connectivity index (χ1n) is 5.33. The molecule has 2 atom stereocenters. The van der Waals surface area contributed by atoms with Gasteiger partial charge in [0.25, 0.3) is 0 Å². The van der Waals surface area contributed by atoms with Crippen molar-refractivity contribution in [3.63, 3.8) is 0 Å². The number of hydrogen-bond acceptors (Lipinski definition) is 1. The van der Waals surface area contributed by atoms with E-state index < -0.39 is 0 Å². The highest BCUT2D eigenvalue weighted by Gasteiger charge is 2.42. The Morgan fingerprint density at radius 3 is 2.31 bits per heavy atom. The molecule has 0 aromatic carbocycles. The van der Waals surface area contributed by atoms with E-state index in [1.165, 1.54) is 19.3 Å². The van der Waals surface area contributed by atoms with E-state index in [0.29, 0.717) is 11.8 Å². The van der Waals surface area contributed by atoms with Gasteiger partial charge in [0.1, 0.15) is 0 Å². The van der Waals surface area contributed by atoms with Crippen molar-refractivity contribution in [3.05, 3.63) is 12.7 Å². The Kier molecular flexibility index (Phi) is 3.55. The second-order valence-corrected chi connectivity index (χ2v) is 4.38. The van der Waals surface area contributed by atoms with Crippen LogP contribution < -0.4 is 0 Å². The zero-order valence-corrected chi connectivity index (χ0v) is 9.18. The van der Waals surface area contributed by atoms with E-state index in [-0.39, 0.29) is 5.60 Å². The highest BCUT2D eigenvalue weighted by atomic mass is 16.5. The third-order valence-electron chi connectivity index (χ3n) is 3.79. The van der Waals surface area contributed by atoms with E-state index in [4.69, 9.17) is 4.74 Å². The molecule has 1 aliphatic rings. The molecule has 1 heteroatoms. The Hall–Kier alpha value is -0.300. The maximum Gasteiger partial charge on any atom is 0.0763 e. The molecule has 2 unspecified atom stereocenters. The second kappa shape index (κ2) is 4.28. The summed E-state index contributed by atoms with van der Waals surface area (Å²) in [6, 6.07) is 0. The standard InChI is InChI=1S/C12H22O/c1-5-9-12(13-4)10(2)7-6-8-11(12)3/h5,10-11H,1,6-9H2,2-4H3. The topological polar surface area (TPSA) is 9.23 Å². The highest BCUT2D eigenvalue weighted by Crippen LogP contribution is 2.42. The summed E-state index contributed by atoms with van der Waals surface area (Å²) in [6.07, 6.45) is 6.94. The predicted octanol–water partition coefficient (Wildman–Crippen LogP) is 3.40. The van der Waals surface area contributed by atoms with E-state index in [1.807, 2.05) is 13.2 Å². The molecule has 1 fully saturated rings. The van der Waals surface area contributed by atoms with Gasteiger partial charge in [0.05, 0.1) is 5.60 Å². The molecule has 0 aromatic heterocycles. The molecule has 13 heavy (non-hydrogen) atoms. The van der Waals surface area contributed by atoms with Crippen LogP contribution in [0.3, 0.4) is 0 Å². The van der Waals surface area contributed by atoms with E-state index >= 15 is 0 Å². The Labute approximate surface area is 82.2 Å². The largest absolute Gasteiger partial charge is 0.377 e. The summed E-state index contributed by atoms with van der Waals surface area (Å²) >= 11 is 0.